The molecule has 1 aromatic heterocycles. The van der Waals surface area contributed by atoms with Crippen LogP contribution in [0, 0.1) is 0 Å². The molecule has 0 atom stereocenters. The van der Waals surface area contributed by atoms with E-state index in [2.05, 4.69) is 4.98 Å². The molecule has 0 bridgehead atoms. The van der Waals surface area contributed by atoms with Crippen LogP contribution >= 0.6 is 11.3 Å². The van der Waals surface area contributed by atoms with Crippen molar-refractivity contribution in [2.75, 3.05) is 20.3 Å². The molecule has 5 heteroatoms. The smallest absolute Gasteiger partial charge is 0.224 e. The standard InChI is InChI=1S/C8H14N2O2S/c1-11-5-8-10-7(6-13-8)12-4-2-3-9/h6H,2-5,9H2,1H3. The first-order chi connectivity index (χ1) is 6.36. The topological polar surface area (TPSA) is 57.4 Å². The van der Waals surface area contributed by atoms with Crippen LogP contribution < -0.4 is 10.5 Å². The van der Waals surface area contributed by atoms with Gasteiger partial charge in [-0.3, -0.25) is 0 Å². The number of hydrogen-bond acceptors (Lipinski definition) is 5. The Morgan fingerprint density at radius 2 is 2.46 bits per heavy atom. The molecule has 13 heavy (non-hydrogen) atoms. The van der Waals surface area contributed by atoms with E-state index in [1.807, 2.05) is 5.38 Å². The second-order valence-corrected chi connectivity index (χ2v) is 3.45. The highest BCUT2D eigenvalue weighted by Gasteiger charge is 2.01. The van der Waals surface area contributed by atoms with E-state index in [9.17, 15) is 0 Å². The summed E-state index contributed by atoms with van der Waals surface area (Å²) in [5, 5.41) is 2.82. The lowest BCUT2D eigenvalue weighted by Gasteiger charge is -1.99. The summed E-state index contributed by atoms with van der Waals surface area (Å²) in [6.07, 6.45) is 0.858. The minimum absolute atomic E-state index is 0.547. The van der Waals surface area contributed by atoms with E-state index in [1.165, 1.54) is 11.3 Å². The molecule has 0 aromatic carbocycles. The molecule has 1 aromatic rings. The van der Waals surface area contributed by atoms with Gasteiger partial charge in [-0.25, -0.2) is 4.98 Å². The van der Waals surface area contributed by atoms with Gasteiger partial charge in [-0.15, -0.1) is 11.3 Å². The molecule has 0 aliphatic rings. The summed E-state index contributed by atoms with van der Waals surface area (Å²) in [6, 6.07) is 0. The predicted octanol–water partition coefficient (Wildman–Crippen LogP) is 1.02. The lowest BCUT2D eigenvalue weighted by molar-refractivity contribution is 0.183. The van der Waals surface area contributed by atoms with Gasteiger partial charge in [0.1, 0.15) is 5.01 Å². The Labute approximate surface area is 81.7 Å². The molecule has 74 valence electrons. The van der Waals surface area contributed by atoms with Crippen LogP contribution in [0.2, 0.25) is 0 Å². The van der Waals surface area contributed by atoms with E-state index in [0.29, 0.717) is 25.6 Å². The number of rotatable bonds is 6. The number of thiazole rings is 1. The van der Waals surface area contributed by atoms with Gasteiger partial charge in [0.25, 0.3) is 0 Å². The molecule has 0 aliphatic carbocycles. The summed E-state index contributed by atoms with van der Waals surface area (Å²) < 4.78 is 10.3. The number of nitrogens with two attached hydrogens (primary N) is 1. The Kier molecular flexibility index (Phi) is 4.74. The fourth-order valence-electron chi connectivity index (χ4n) is 0.810. The Bertz CT molecular complexity index is 240. The zero-order chi connectivity index (χ0) is 9.52. The highest BCUT2D eigenvalue weighted by Crippen LogP contribution is 2.16. The maximum absolute atomic E-state index is 5.34. The second-order valence-electron chi connectivity index (χ2n) is 2.50. The number of nitrogens with zero attached hydrogens (tertiary/aromatic N) is 1. The van der Waals surface area contributed by atoms with Gasteiger partial charge in [0.05, 0.1) is 18.6 Å². The van der Waals surface area contributed by atoms with E-state index in [-0.39, 0.29) is 0 Å². The molecule has 0 saturated carbocycles. The SMILES string of the molecule is COCc1nc(OCCCN)cs1. The van der Waals surface area contributed by atoms with E-state index >= 15 is 0 Å². The fourth-order valence-corrected chi connectivity index (χ4v) is 1.50. The molecule has 1 heterocycles. The Morgan fingerprint density at radius 1 is 1.62 bits per heavy atom. The number of methoxy groups -OCH3 is 1. The third-order valence-corrected chi connectivity index (χ3v) is 2.20. The van der Waals surface area contributed by atoms with Gasteiger partial charge in [0.2, 0.25) is 5.88 Å². The molecule has 0 saturated heterocycles. The second kappa shape index (κ2) is 5.90. The third-order valence-electron chi connectivity index (χ3n) is 1.40. The summed E-state index contributed by atoms with van der Waals surface area (Å²) in [4.78, 5) is 4.20. The van der Waals surface area contributed by atoms with Crippen LogP contribution in [-0.2, 0) is 11.3 Å². The van der Waals surface area contributed by atoms with E-state index in [0.717, 1.165) is 11.4 Å². The molecule has 0 unspecified atom stereocenters. The van der Waals surface area contributed by atoms with Crippen LogP contribution in [0.1, 0.15) is 11.4 Å². The summed E-state index contributed by atoms with van der Waals surface area (Å²) in [7, 11) is 1.65. The predicted molar refractivity (Wildman–Crippen MR) is 52.0 cm³/mol. The van der Waals surface area contributed by atoms with Crippen LogP contribution in [0.3, 0.4) is 0 Å². The monoisotopic (exact) mass is 202 g/mol. The molecular weight excluding hydrogens is 188 g/mol. The van der Waals surface area contributed by atoms with Gasteiger partial charge >= 0.3 is 0 Å². The van der Waals surface area contributed by atoms with Gasteiger partial charge in [-0.05, 0) is 13.0 Å². The lowest BCUT2D eigenvalue weighted by atomic mass is 10.5. The average molecular weight is 202 g/mol. The van der Waals surface area contributed by atoms with Crippen LogP contribution in [-0.4, -0.2) is 25.2 Å². The van der Waals surface area contributed by atoms with Crippen molar-refractivity contribution in [3.8, 4) is 5.88 Å². The molecule has 1 rings (SSSR count). The van der Waals surface area contributed by atoms with Gasteiger partial charge in [-0.2, -0.15) is 0 Å². The van der Waals surface area contributed by atoms with Crippen molar-refractivity contribution in [2.45, 2.75) is 13.0 Å². The Balaban J connectivity index is 2.31. The maximum atomic E-state index is 5.34. The minimum Gasteiger partial charge on any atom is -0.477 e. The summed E-state index contributed by atoms with van der Waals surface area (Å²) in [6.45, 7) is 1.83. The molecular formula is C8H14N2O2S. The number of ether oxygens (including phenoxy) is 2. The lowest BCUT2D eigenvalue weighted by Crippen LogP contribution is -2.06. The highest BCUT2D eigenvalue weighted by molar-refractivity contribution is 7.09. The normalized spacial score (nSPS) is 10.3. The molecule has 2 N–H and O–H groups in total. The zero-order valence-corrected chi connectivity index (χ0v) is 8.47. The Morgan fingerprint density at radius 3 is 3.15 bits per heavy atom. The van der Waals surface area contributed by atoms with E-state index < -0.39 is 0 Å². The van der Waals surface area contributed by atoms with E-state index in [1.54, 1.807) is 7.11 Å². The number of hydrogen-bond donors (Lipinski definition) is 1. The van der Waals surface area contributed by atoms with Crippen LogP contribution in [0.25, 0.3) is 0 Å². The molecule has 0 radical (unpaired) electrons. The first-order valence-electron chi connectivity index (χ1n) is 4.13. The van der Waals surface area contributed by atoms with Crippen molar-refractivity contribution in [1.29, 1.82) is 0 Å². The van der Waals surface area contributed by atoms with E-state index in [4.69, 9.17) is 15.2 Å². The molecule has 0 spiro atoms. The summed E-state index contributed by atoms with van der Waals surface area (Å²) in [5.41, 5.74) is 5.33. The molecule has 0 aliphatic heterocycles. The molecule has 4 nitrogen and oxygen atoms in total. The summed E-state index contributed by atoms with van der Waals surface area (Å²) >= 11 is 1.54. The third kappa shape index (κ3) is 3.71. The van der Waals surface area contributed by atoms with Gasteiger partial charge in [-0.1, -0.05) is 0 Å². The van der Waals surface area contributed by atoms with Crippen molar-refractivity contribution in [1.82, 2.24) is 4.98 Å². The largest absolute Gasteiger partial charge is 0.477 e. The van der Waals surface area contributed by atoms with Crippen LogP contribution in [0.5, 0.6) is 5.88 Å². The van der Waals surface area contributed by atoms with Crippen molar-refractivity contribution in [2.24, 2.45) is 5.73 Å². The fraction of sp³-hybridized carbons (Fsp3) is 0.625. The quantitative estimate of drug-likeness (QED) is 0.700. The average Bonchev–Trinajstić information content (AvgIpc) is 2.54. The van der Waals surface area contributed by atoms with Gasteiger partial charge in [0, 0.05) is 7.11 Å². The maximum Gasteiger partial charge on any atom is 0.224 e. The Hall–Kier alpha value is -0.650. The first-order valence-corrected chi connectivity index (χ1v) is 5.01. The van der Waals surface area contributed by atoms with Gasteiger partial charge in [0.15, 0.2) is 0 Å². The van der Waals surface area contributed by atoms with Crippen molar-refractivity contribution in [3.63, 3.8) is 0 Å². The molecule has 0 fully saturated rings. The highest BCUT2D eigenvalue weighted by atomic mass is 32.1. The van der Waals surface area contributed by atoms with Crippen LogP contribution in [0.4, 0.5) is 0 Å². The zero-order valence-electron chi connectivity index (χ0n) is 7.66. The molecule has 0 amide bonds. The summed E-state index contributed by atoms with van der Waals surface area (Å²) in [5.74, 6) is 0.672. The minimum atomic E-state index is 0.547. The van der Waals surface area contributed by atoms with Crippen LogP contribution in [0.15, 0.2) is 5.38 Å². The van der Waals surface area contributed by atoms with Crippen molar-refractivity contribution >= 4 is 11.3 Å². The van der Waals surface area contributed by atoms with Crippen molar-refractivity contribution < 1.29 is 9.47 Å². The number of aromatic nitrogens is 1. The first kappa shape index (κ1) is 10.4. The van der Waals surface area contributed by atoms with Gasteiger partial charge < -0.3 is 15.2 Å². The van der Waals surface area contributed by atoms with Crippen molar-refractivity contribution in [3.05, 3.63) is 10.4 Å².